The molecule has 0 aliphatic rings. The maximum atomic E-state index is 12.2. The summed E-state index contributed by atoms with van der Waals surface area (Å²) in [6.07, 6.45) is 0.374. The van der Waals surface area contributed by atoms with Gasteiger partial charge in [-0.05, 0) is 19.8 Å². The molecule has 0 saturated heterocycles. The zero-order valence-electron chi connectivity index (χ0n) is 10.7. The molecule has 92 valence electrons. The molecular weight excluding hydrogens is 202 g/mol. The second-order valence-corrected chi connectivity index (χ2v) is 4.62. The number of carbonyl (C=O) groups excluding carboxylic acids is 1. The largest absolute Gasteiger partial charge is 0.339 e. The van der Waals surface area contributed by atoms with Crippen LogP contribution in [0.5, 0.6) is 0 Å². The Labute approximate surface area is 98.4 Å². The fraction of sp³-hybridized carbons (Fsp3) is 0.833. The van der Waals surface area contributed by atoms with Gasteiger partial charge in [0.05, 0.1) is 18.4 Å². The summed E-state index contributed by atoms with van der Waals surface area (Å²) in [6, 6.07) is 2.19. The van der Waals surface area contributed by atoms with Crippen molar-refractivity contribution in [2.75, 3.05) is 13.1 Å². The van der Waals surface area contributed by atoms with Crippen LogP contribution in [-0.2, 0) is 4.79 Å². The van der Waals surface area contributed by atoms with E-state index in [9.17, 15) is 4.79 Å². The van der Waals surface area contributed by atoms with Gasteiger partial charge in [-0.15, -0.1) is 0 Å². The van der Waals surface area contributed by atoms with E-state index < -0.39 is 0 Å². The van der Waals surface area contributed by atoms with Crippen molar-refractivity contribution in [3.63, 3.8) is 0 Å². The van der Waals surface area contributed by atoms with E-state index in [2.05, 4.69) is 6.07 Å². The summed E-state index contributed by atoms with van der Waals surface area (Å²) >= 11 is 0. The minimum Gasteiger partial charge on any atom is -0.339 e. The first-order valence-corrected chi connectivity index (χ1v) is 5.83. The van der Waals surface area contributed by atoms with Crippen molar-refractivity contribution in [1.29, 1.82) is 5.26 Å². The molecule has 1 unspecified atom stereocenters. The summed E-state index contributed by atoms with van der Waals surface area (Å²) in [6.45, 7) is 8.78. The van der Waals surface area contributed by atoms with Crippen LogP contribution < -0.4 is 5.73 Å². The minimum absolute atomic E-state index is 0.0720. The van der Waals surface area contributed by atoms with Crippen molar-refractivity contribution in [2.24, 2.45) is 17.6 Å². The average Bonchev–Trinajstić information content (AvgIpc) is 2.18. The monoisotopic (exact) mass is 225 g/mol. The molecule has 0 aromatic rings. The number of nitrogens with two attached hydrogens (primary N) is 1. The SMILES string of the molecule is CC(C)C(CN)C(=O)N(CCC#N)C(C)C. The molecule has 0 aliphatic carbocycles. The number of nitrogens with zero attached hydrogens (tertiary/aromatic N) is 2. The quantitative estimate of drug-likeness (QED) is 0.742. The number of hydrogen-bond acceptors (Lipinski definition) is 3. The van der Waals surface area contributed by atoms with E-state index in [0.29, 0.717) is 19.5 Å². The Morgan fingerprint density at radius 1 is 1.38 bits per heavy atom. The van der Waals surface area contributed by atoms with Gasteiger partial charge in [0.1, 0.15) is 0 Å². The zero-order chi connectivity index (χ0) is 12.7. The number of hydrogen-bond donors (Lipinski definition) is 1. The molecule has 0 aromatic carbocycles. The van der Waals surface area contributed by atoms with Crippen LogP contribution in [0, 0.1) is 23.2 Å². The molecule has 4 heteroatoms. The smallest absolute Gasteiger partial charge is 0.227 e. The number of rotatable bonds is 6. The van der Waals surface area contributed by atoms with Gasteiger partial charge in [0, 0.05) is 19.1 Å². The van der Waals surface area contributed by atoms with Gasteiger partial charge in [0.2, 0.25) is 5.91 Å². The first kappa shape index (κ1) is 14.9. The summed E-state index contributed by atoms with van der Waals surface area (Å²) in [5.74, 6) is 0.171. The van der Waals surface area contributed by atoms with Crippen LogP contribution in [-0.4, -0.2) is 29.9 Å². The van der Waals surface area contributed by atoms with Crippen molar-refractivity contribution < 1.29 is 4.79 Å². The molecule has 0 aromatic heterocycles. The lowest BCUT2D eigenvalue weighted by molar-refractivity contribution is -0.138. The van der Waals surface area contributed by atoms with E-state index in [1.54, 1.807) is 4.90 Å². The third-order valence-corrected chi connectivity index (χ3v) is 2.75. The highest BCUT2D eigenvalue weighted by Gasteiger charge is 2.26. The van der Waals surface area contributed by atoms with Crippen molar-refractivity contribution in [2.45, 2.75) is 40.2 Å². The molecule has 1 atom stereocenters. The number of amides is 1. The molecule has 0 heterocycles. The molecular formula is C12H23N3O. The Balaban J connectivity index is 4.65. The zero-order valence-corrected chi connectivity index (χ0v) is 10.7. The van der Waals surface area contributed by atoms with Gasteiger partial charge < -0.3 is 10.6 Å². The van der Waals surface area contributed by atoms with Crippen LogP contribution in [0.4, 0.5) is 0 Å². The molecule has 0 saturated carbocycles. The van der Waals surface area contributed by atoms with E-state index in [4.69, 9.17) is 11.0 Å². The average molecular weight is 225 g/mol. The van der Waals surface area contributed by atoms with Crippen molar-refractivity contribution >= 4 is 5.91 Å². The van der Waals surface area contributed by atoms with Crippen molar-refractivity contribution in [3.05, 3.63) is 0 Å². The van der Waals surface area contributed by atoms with E-state index in [1.165, 1.54) is 0 Å². The molecule has 0 rings (SSSR count). The summed E-state index contributed by atoms with van der Waals surface area (Å²) in [4.78, 5) is 14.0. The first-order valence-electron chi connectivity index (χ1n) is 5.83. The summed E-state index contributed by atoms with van der Waals surface area (Å²) < 4.78 is 0. The Kier molecular flexibility index (Phi) is 6.75. The van der Waals surface area contributed by atoms with E-state index >= 15 is 0 Å². The molecule has 2 N–H and O–H groups in total. The van der Waals surface area contributed by atoms with Gasteiger partial charge in [-0.1, -0.05) is 13.8 Å². The van der Waals surface area contributed by atoms with Crippen LogP contribution >= 0.6 is 0 Å². The molecule has 0 aliphatic heterocycles. The topological polar surface area (TPSA) is 70.1 Å². The second-order valence-electron chi connectivity index (χ2n) is 4.62. The highest BCUT2D eigenvalue weighted by molar-refractivity contribution is 5.79. The van der Waals surface area contributed by atoms with E-state index in [-0.39, 0.29) is 23.8 Å². The molecule has 0 spiro atoms. The second kappa shape index (κ2) is 7.24. The van der Waals surface area contributed by atoms with E-state index in [1.807, 2.05) is 27.7 Å². The highest BCUT2D eigenvalue weighted by Crippen LogP contribution is 2.15. The Hall–Kier alpha value is -1.08. The predicted molar refractivity (Wildman–Crippen MR) is 64.5 cm³/mol. The molecule has 1 amide bonds. The van der Waals surface area contributed by atoms with E-state index in [0.717, 1.165) is 0 Å². The molecule has 16 heavy (non-hydrogen) atoms. The van der Waals surface area contributed by atoms with Crippen LogP contribution in [0.2, 0.25) is 0 Å². The Morgan fingerprint density at radius 3 is 2.25 bits per heavy atom. The fourth-order valence-corrected chi connectivity index (χ4v) is 1.66. The van der Waals surface area contributed by atoms with Gasteiger partial charge in [-0.2, -0.15) is 5.26 Å². The van der Waals surface area contributed by atoms with Crippen LogP contribution in [0.25, 0.3) is 0 Å². The van der Waals surface area contributed by atoms with Crippen LogP contribution in [0.15, 0.2) is 0 Å². The third-order valence-electron chi connectivity index (χ3n) is 2.75. The van der Waals surface area contributed by atoms with Crippen molar-refractivity contribution in [3.8, 4) is 6.07 Å². The highest BCUT2D eigenvalue weighted by atomic mass is 16.2. The Bertz CT molecular complexity index is 255. The summed E-state index contributed by atoms with van der Waals surface area (Å²) in [5, 5.41) is 8.57. The fourth-order valence-electron chi connectivity index (χ4n) is 1.66. The number of carbonyl (C=O) groups is 1. The lowest BCUT2D eigenvalue weighted by atomic mass is 9.94. The van der Waals surface area contributed by atoms with Gasteiger partial charge in [0.25, 0.3) is 0 Å². The van der Waals surface area contributed by atoms with Gasteiger partial charge in [-0.25, -0.2) is 0 Å². The predicted octanol–water partition coefficient (Wildman–Crippen LogP) is 1.37. The maximum Gasteiger partial charge on any atom is 0.227 e. The Morgan fingerprint density at radius 2 is 1.94 bits per heavy atom. The molecule has 4 nitrogen and oxygen atoms in total. The third kappa shape index (κ3) is 4.19. The van der Waals surface area contributed by atoms with Crippen molar-refractivity contribution in [1.82, 2.24) is 4.90 Å². The maximum absolute atomic E-state index is 12.2. The van der Waals surface area contributed by atoms with Gasteiger partial charge in [0.15, 0.2) is 0 Å². The lowest BCUT2D eigenvalue weighted by Crippen LogP contribution is -2.45. The molecule has 0 radical (unpaired) electrons. The van der Waals surface area contributed by atoms with Gasteiger partial charge in [-0.3, -0.25) is 4.79 Å². The van der Waals surface area contributed by atoms with Crippen LogP contribution in [0.3, 0.4) is 0 Å². The first-order chi connectivity index (χ1) is 7.45. The summed E-state index contributed by atoms with van der Waals surface area (Å²) in [7, 11) is 0. The molecule has 0 fully saturated rings. The standard InChI is InChI=1S/C12H23N3O/c1-9(2)11(8-14)12(16)15(10(3)4)7-5-6-13/h9-11H,5,7-8,14H2,1-4H3. The lowest BCUT2D eigenvalue weighted by Gasteiger charge is -2.31. The van der Waals surface area contributed by atoms with Crippen LogP contribution in [0.1, 0.15) is 34.1 Å². The normalized spacial score (nSPS) is 12.6. The summed E-state index contributed by atoms with van der Waals surface area (Å²) in [5.41, 5.74) is 5.63. The minimum atomic E-state index is -0.138. The number of nitriles is 1. The van der Waals surface area contributed by atoms with Gasteiger partial charge >= 0.3 is 0 Å². The molecule has 0 bridgehead atoms.